The number of aromatic nitrogens is 5. The van der Waals surface area contributed by atoms with E-state index in [0.717, 1.165) is 16.8 Å². The van der Waals surface area contributed by atoms with E-state index in [4.69, 9.17) is 5.73 Å². The molecule has 7 heteroatoms. The van der Waals surface area contributed by atoms with Crippen LogP contribution in [-0.2, 0) is 13.0 Å². The highest BCUT2D eigenvalue weighted by Crippen LogP contribution is 2.12. The quantitative estimate of drug-likeness (QED) is 0.720. The van der Waals surface area contributed by atoms with Gasteiger partial charge in [0.1, 0.15) is 12.4 Å². The molecular weight excluding hydrogens is 268 g/mol. The highest BCUT2D eigenvalue weighted by atomic mass is 16.1. The van der Waals surface area contributed by atoms with Gasteiger partial charge in [0, 0.05) is 12.6 Å². The summed E-state index contributed by atoms with van der Waals surface area (Å²) in [6, 6.07) is 5.56. The number of fused-ring (bicyclic) bond motifs is 1. The minimum absolute atomic E-state index is 0.138. The van der Waals surface area contributed by atoms with E-state index in [2.05, 4.69) is 20.3 Å². The molecule has 0 amide bonds. The first-order valence-corrected chi connectivity index (χ1v) is 6.75. The van der Waals surface area contributed by atoms with Gasteiger partial charge in [-0.15, -0.1) is 5.10 Å². The van der Waals surface area contributed by atoms with E-state index < -0.39 is 0 Å². The summed E-state index contributed by atoms with van der Waals surface area (Å²) >= 11 is 0. The molecule has 0 spiro atoms. The van der Waals surface area contributed by atoms with E-state index in [-0.39, 0.29) is 5.56 Å². The van der Waals surface area contributed by atoms with Crippen molar-refractivity contribution >= 4 is 10.9 Å². The molecule has 3 rings (SSSR count). The molecule has 2 aromatic heterocycles. The molecule has 0 fully saturated rings. The molecule has 7 nitrogen and oxygen atoms in total. The van der Waals surface area contributed by atoms with Gasteiger partial charge in [0.25, 0.3) is 5.56 Å². The number of nitrogens with zero attached hydrogens (tertiary/aromatic N) is 4. The van der Waals surface area contributed by atoms with E-state index in [0.29, 0.717) is 30.7 Å². The Kier molecular flexibility index (Phi) is 3.49. The molecule has 3 aromatic rings. The summed E-state index contributed by atoms with van der Waals surface area (Å²) in [6.45, 7) is 2.84. The maximum atomic E-state index is 12.1. The number of benzene rings is 1. The van der Waals surface area contributed by atoms with Crippen LogP contribution in [-0.4, -0.2) is 31.5 Å². The van der Waals surface area contributed by atoms with Crippen LogP contribution >= 0.6 is 0 Å². The van der Waals surface area contributed by atoms with E-state index in [1.807, 2.05) is 25.3 Å². The van der Waals surface area contributed by atoms with Crippen molar-refractivity contribution in [2.45, 2.75) is 19.9 Å². The highest BCUT2D eigenvalue weighted by molar-refractivity contribution is 5.80. The summed E-state index contributed by atoms with van der Waals surface area (Å²) in [6.07, 6.45) is 2.50. The monoisotopic (exact) mass is 284 g/mol. The van der Waals surface area contributed by atoms with Crippen molar-refractivity contribution in [3.63, 3.8) is 0 Å². The zero-order chi connectivity index (χ0) is 14.8. The summed E-state index contributed by atoms with van der Waals surface area (Å²) in [5.74, 6) is 0.561. The molecule has 0 radical (unpaired) electrons. The zero-order valence-electron chi connectivity index (χ0n) is 11.7. The molecule has 108 valence electrons. The lowest BCUT2D eigenvalue weighted by Gasteiger charge is -2.04. The number of nitrogens with two attached hydrogens (primary N) is 1. The minimum atomic E-state index is -0.138. The van der Waals surface area contributed by atoms with Crippen LogP contribution in [0.4, 0.5) is 0 Å². The van der Waals surface area contributed by atoms with Crippen LogP contribution in [0.3, 0.4) is 0 Å². The standard InChI is InChI=1S/C14H16N6O/c1-9-3-2-4-11-13(9)16-12(17-14(11)21)8-20-7-10(5-6-15)18-19-20/h2-4,7H,5-6,8,15H2,1H3,(H,16,17,21). The lowest BCUT2D eigenvalue weighted by Crippen LogP contribution is -2.15. The minimum Gasteiger partial charge on any atom is -0.330 e. The van der Waals surface area contributed by atoms with Gasteiger partial charge in [0.05, 0.1) is 16.6 Å². The van der Waals surface area contributed by atoms with Gasteiger partial charge < -0.3 is 10.7 Å². The van der Waals surface area contributed by atoms with Gasteiger partial charge in [-0.05, 0) is 25.1 Å². The topological polar surface area (TPSA) is 102 Å². The fourth-order valence-corrected chi connectivity index (χ4v) is 2.26. The number of aryl methyl sites for hydroxylation is 1. The Hall–Kier alpha value is -2.54. The van der Waals surface area contributed by atoms with Crippen LogP contribution in [0, 0.1) is 6.92 Å². The Labute approximate surface area is 120 Å². The third-order valence-corrected chi connectivity index (χ3v) is 3.29. The molecule has 3 N–H and O–H groups in total. The van der Waals surface area contributed by atoms with Crippen LogP contribution in [0.25, 0.3) is 10.9 Å². The van der Waals surface area contributed by atoms with Gasteiger partial charge in [-0.3, -0.25) is 4.79 Å². The van der Waals surface area contributed by atoms with Crippen LogP contribution in [0.2, 0.25) is 0 Å². The van der Waals surface area contributed by atoms with Gasteiger partial charge in [0.15, 0.2) is 0 Å². The van der Waals surface area contributed by atoms with Crippen LogP contribution in [0.15, 0.2) is 29.2 Å². The predicted molar refractivity (Wildman–Crippen MR) is 79.0 cm³/mol. The lowest BCUT2D eigenvalue weighted by molar-refractivity contribution is 0.625. The van der Waals surface area contributed by atoms with Crippen molar-refractivity contribution in [2.75, 3.05) is 6.54 Å². The molecule has 0 aliphatic rings. The lowest BCUT2D eigenvalue weighted by atomic mass is 10.1. The van der Waals surface area contributed by atoms with Crippen molar-refractivity contribution in [1.82, 2.24) is 25.0 Å². The fraction of sp³-hybridized carbons (Fsp3) is 0.286. The Morgan fingerprint density at radius 2 is 2.24 bits per heavy atom. The second kappa shape index (κ2) is 5.45. The van der Waals surface area contributed by atoms with Crippen LogP contribution in [0.5, 0.6) is 0 Å². The van der Waals surface area contributed by atoms with Gasteiger partial charge in [0.2, 0.25) is 0 Å². The number of para-hydroxylation sites is 1. The Bertz CT molecular complexity index is 835. The first-order valence-electron chi connectivity index (χ1n) is 6.75. The molecule has 0 aliphatic heterocycles. The Balaban J connectivity index is 1.97. The number of hydrogen-bond donors (Lipinski definition) is 2. The van der Waals surface area contributed by atoms with E-state index in [1.54, 1.807) is 10.7 Å². The molecule has 0 aliphatic carbocycles. The van der Waals surface area contributed by atoms with Crippen molar-refractivity contribution in [3.05, 3.63) is 51.8 Å². The first kappa shape index (κ1) is 13.4. The molecule has 0 bridgehead atoms. The van der Waals surface area contributed by atoms with Crippen molar-refractivity contribution in [3.8, 4) is 0 Å². The molecule has 0 saturated carbocycles. The largest absolute Gasteiger partial charge is 0.330 e. The van der Waals surface area contributed by atoms with Crippen molar-refractivity contribution < 1.29 is 0 Å². The van der Waals surface area contributed by atoms with Gasteiger partial charge in [-0.2, -0.15) is 0 Å². The molecule has 0 atom stereocenters. The number of H-pyrrole nitrogens is 1. The predicted octanol–water partition coefficient (Wildman–Crippen LogP) is 0.373. The SMILES string of the molecule is Cc1cccc2c(=O)[nH]c(Cn3cc(CCN)nn3)nc12. The second-order valence-corrected chi connectivity index (χ2v) is 4.93. The zero-order valence-corrected chi connectivity index (χ0v) is 11.7. The summed E-state index contributed by atoms with van der Waals surface area (Å²) in [7, 11) is 0. The molecule has 1 aromatic carbocycles. The fourth-order valence-electron chi connectivity index (χ4n) is 2.26. The van der Waals surface area contributed by atoms with Gasteiger partial charge in [-0.1, -0.05) is 17.3 Å². The molecule has 21 heavy (non-hydrogen) atoms. The van der Waals surface area contributed by atoms with Gasteiger partial charge >= 0.3 is 0 Å². The second-order valence-electron chi connectivity index (χ2n) is 4.93. The molecule has 2 heterocycles. The molecule has 0 saturated heterocycles. The average Bonchev–Trinajstić information content (AvgIpc) is 2.88. The number of hydrogen-bond acceptors (Lipinski definition) is 5. The normalized spacial score (nSPS) is 11.1. The summed E-state index contributed by atoms with van der Waals surface area (Å²) < 4.78 is 1.65. The van der Waals surface area contributed by atoms with E-state index in [9.17, 15) is 4.79 Å². The number of rotatable bonds is 4. The van der Waals surface area contributed by atoms with E-state index in [1.165, 1.54) is 0 Å². The van der Waals surface area contributed by atoms with Crippen molar-refractivity contribution in [2.24, 2.45) is 5.73 Å². The first-order chi connectivity index (χ1) is 10.2. The number of nitrogens with one attached hydrogen (secondary N) is 1. The Morgan fingerprint density at radius 3 is 3.05 bits per heavy atom. The summed E-state index contributed by atoms with van der Waals surface area (Å²) in [5, 5.41) is 8.63. The smallest absolute Gasteiger partial charge is 0.258 e. The summed E-state index contributed by atoms with van der Waals surface area (Å²) in [4.78, 5) is 19.4. The third kappa shape index (κ3) is 2.68. The maximum absolute atomic E-state index is 12.1. The molecular formula is C14H16N6O. The maximum Gasteiger partial charge on any atom is 0.258 e. The summed E-state index contributed by atoms with van der Waals surface area (Å²) in [5.41, 5.74) is 7.87. The molecule has 0 unspecified atom stereocenters. The highest BCUT2D eigenvalue weighted by Gasteiger charge is 2.07. The van der Waals surface area contributed by atoms with Crippen molar-refractivity contribution in [1.29, 1.82) is 0 Å². The van der Waals surface area contributed by atoms with E-state index >= 15 is 0 Å². The van der Waals surface area contributed by atoms with Crippen LogP contribution < -0.4 is 11.3 Å². The average molecular weight is 284 g/mol. The number of aromatic amines is 1. The Morgan fingerprint density at radius 1 is 1.38 bits per heavy atom. The third-order valence-electron chi connectivity index (χ3n) is 3.29. The van der Waals surface area contributed by atoms with Crippen LogP contribution in [0.1, 0.15) is 17.1 Å². The van der Waals surface area contributed by atoms with Gasteiger partial charge in [-0.25, -0.2) is 9.67 Å².